The Morgan fingerprint density at radius 3 is 2.87 bits per heavy atom. The zero-order valence-electron chi connectivity index (χ0n) is 8.40. The minimum Gasteiger partial charge on any atom is -0.458 e. The Hall–Kier alpha value is -0.550. The highest BCUT2D eigenvalue weighted by atomic mass is 32.2. The monoisotopic (exact) mass is 243 g/mol. The highest BCUT2D eigenvalue weighted by Crippen LogP contribution is 2.19. The van der Waals surface area contributed by atoms with Crippen molar-refractivity contribution >= 4 is 34.3 Å². The summed E-state index contributed by atoms with van der Waals surface area (Å²) in [5, 5.41) is 0. The smallest absolute Gasteiger partial charge is 0.331 e. The molecule has 2 aliphatic heterocycles. The number of ether oxygens (including phenoxy) is 1. The van der Waals surface area contributed by atoms with Crippen molar-refractivity contribution in [2.45, 2.75) is 12.8 Å². The normalized spacial score (nSPS) is 20.4. The van der Waals surface area contributed by atoms with Crippen molar-refractivity contribution in [3.05, 3.63) is 11.6 Å². The van der Waals surface area contributed by atoms with Crippen LogP contribution >= 0.6 is 24.0 Å². The molecule has 0 saturated carbocycles. The van der Waals surface area contributed by atoms with Crippen LogP contribution in [0.15, 0.2) is 11.6 Å². The molecule has 0 spiro atoms. The fraction of sp³-hybridized carbons (Fsp3) is 0.600. The van der Waals surface area contributed by atoms with E-state index in [0.717, 1.165) is 28.7 Å². The molecule has 82 valence electrons. The lowest BCUT2D eigenvalue weighted by atomic mass is 10.3. The number of nitrogens with zero attached hydrogens (tertiary/aromatic N) is 1. The Labute approximate surface area is 98.8 Å². The van der Waals surface area contributed by atoms with Gasteiger partial charge in [0, 0.05) is 24.9 Å². The molecule has 0 unspecified atom stereocenters. The number of esters is 1. The summed E-state index contributed by atoms with van der Waals surface area (Å²) >= 11 is 6.94. The van der Waals surface area contributed by atoms with Gasteiger partial charge >= 0.3 is 5.97 Å². The molecule has 0 aromatic rings. The third-order valence-electron chi connectivity index (χ3n) is 2.47. The number of thiocarbonyl (C=S) groups is 1. The van der Waals surface area contributed by atoms with Crippen molar-refractivity contribution in [3.8, 4) is 0 Å². The Morgan fingerprint density at radius 1 is 1.53 bits per heavy atom. The summed E-state index contributed by atoms with van der Waals surface area (Å²) in [7, 11) is 0. The summed E-state index contributed by atoms with van der Waals surface area (Å²) in [6.45, 7) is 2.61. The zero-order valence-corrected chi connectivity index (χ0v) is 10.0. The van der Waals surface area contributed by atoms with E-state index in [1.165, 1.54) is 12.8 Å². The van der Waals surface area contributed by atoms with Crippen LogP contribution in [-0.4, -0.2) is 40.6 Å². The van der Waals surface area contributed by atoms with E-state index in [4.69, 9.17) is 17.0 Å². The molecule has 0 aromatic heterocycles. The van der Waals surface area contributed by atoms with Gasteiger partial charge in [-0.3, -0.25) is 0 Å². The number of hydrogen-bond donors (Lipinski definition) is 0. The first-order chi connectivity index (χ1) is 7.25. The molecule has 2 rings (SSSR count). The molecule has 0 radical (unpaired) electrons. The largest absolute Gasteiger partial charge is 0.458 e. The quantitative estimate of drug-likeness (QED) is 0.543. The summed E-state index contributed by atoms with van der Waals surface area (Å²) in [4.78, 5) is 13.0. The highest BCUT2D eigenvalue weighted by Gasteiger charge is 2.17. The lowest BCUT2D eigenvalue weighted by Gasteiger charge is -2.17. The van der Waals surface area contributed by atoms with E-state index in [1.807, 2.05) is 0 Å². The first-order valence-electron chi connectivity index (χ1n) is 5.03. The van der Waals surface area contributed by atoms with Crippen molar-refractivity contribution in [1.29, 1.82) is 0 Å². The summed E-state index contributed by atoms with van der Waals surface area (Å²) in [6.07, 6.45) is 4.05. The van der Waals surface area contributed by atoms with Crippen LogP contribution in [0.4, 0.5) is 0 Å². The van der Waals surface area contributed by atoms with Crippen LogP contribution < -0.4 is 0 Å². The van der Waals surface area contributed by atoms with E-state index in [-0.39, 0.29) is 5.97 Å². The predicted molar refractivity (Wildman–Crippen MR) is 64.9 cm³/mol. The molecule has 0 aliphatic carbocycles. The Kier molecular flexibility index (Phi) is 3.64. The van der Waals surface area contributed by atoms with Crippen molar-refractivity contribution in [2.75, 3.05) is 25.4 Å². The van der Waals surface area contributed by atoms with E-state index in [0.29, 0.717) is 6.61 Å². The number of rotatable bonds is 2. The third-order valence-corrected chi connectivity index (χ3v) is 4.10. The van der Waals surface area contributed by atoms with Crippen molar-refractivity contribution in [3.63, 3.8) is 0 Å². The van der Waals surface area contributed by atoms with Crippen LogP contribution in [0.5, 0.6) is 0 Å². The molecule has 15 heavy (non-hydrogen) atoms. The Bertz CT molecular complexity index is 309. The molecule has 3 nitrogen and oxygen atoms in total. The van der Waals surface area contributed by atoms with Crippen molar-refractivity contribution in [2.24, 2.45) is 0 Å². The number of carbonyl (C=O) groups excluding carboxylic acids is 1. The van der Waals surface area contributed by atoms with Gasteiger partial charge in [-0.15, -0.1) is 0 Å². The van der Waals surface area contributed by atoms with Crippen molar-refractivity contribution < 1.29 is 9.53 Å². The van der Waals surface area contributed by atoms with Gasteiger partial charge in [0.15, 0.2) is 0 Å². The van der Waals surface area contributed by atoms with Crippen LogP contribution in [0, 0.1) is 0 Å². The topological polar surface area (TPSA) is 29.5 Å². The van der Waals surface area contributed by atoms with Crippen LogP contribution in [0.25, 0.3) is 0 Å². The zero-order chi connectivity index (χ0) is 10.7. The Balaban J connectivity index is 1.75. The first-order valence-corrected chi connectivity index (χ1v) is 6.43. The van der Waals surface area contributed by atoms with Crippen LogP contribution in [0.1, 0.15) is 12.8 Å². The molecule has 0 amide bonds. The fourth-order valence-electron chi connectivity index (χ4n) is 1.64. The van der Waals surface area contributed by atoms with Gasteiger partial charge in [0.2, 0.25) is 0 Å². The lowest BCUT2D eigenvalue weighted by Crippen LogP contribution is -2.23. The second-order valence-corrected chi connectivity index (χ2v) is 5.27. The second kappa shape index (κ2) is 4.99. The average molecular weight is 243 g/mol. The molecule has 0 bridgehead atoms. The third kappa shape index (κ3) is 2.95. The minimum absolute atomic E-state index is 0.224. The van der Waals surface area contributed by atoms with E-state index < -0.39 is 0 Å². The molecule has 0 atom stereocenters. The maximum absolute atomic E-state index is 10.8. The molecular formula is C10H13NO2S2. The number of thioether (sulfide) groups is 1. The molecule has 1 saturated heterocycles. The number of cyclic esters (lactones) is 1. The number of likely N-dealkylation sites (tertiary alicyclic amines) is 1. The fourth-order valence-corrected chi connectivity index (χ4v) is 2.84. The maximum Gasteiger partial charge on any atom is 0.331 e. The maximum atomic E-state index is 10.8. The van der Waals surface area contributed by atoms with E-state index in [1.54, 1.807) is 17.8 Å². The van der Waals surface area contributed by atoms with Gasteiger partial charge in [-0.25, -0.2) is 4.79 Å². The SMILES string of the molecule is O=C1C=C(CSC(=S)N2CCCC2)CO1. The van der Waals surface area contributed by atoms with Crippen molar-refractivity contribution in [1.82, 2.24) is 4.90 Å². The number of carbonyl (C=O) groups is 1. The predicted octanol–water partition coefficient (Wildman–Crippen LogP) is 1.58. The van der Waals surface area contributed by atoms with Crippen LogP contribution in [0.2, 0.25) is 0 Å². The van der Waals surface area contributed by atoms with Gasteiger partial charge < -0.3 is 9.64 Å². The molecule has 0 N–H and O–H groups in total. The van der Waals surface area contributed by atoms with E-state index in [9.17, 15) is 4.79 Å². The van der Waals surface area contributed by atoms with Gasteiger partial charge in [-0.2, -0.15) is 0 Å². The second-order valence-electron chi connectivity index (χ2n) is 3.66. The molecule has 0 aromatic carbocycles. The molecule has 2 aliphatic rings. The van der Waals surface area contributed by atoms with Gasteiger partial charge in [0.25, 0.3) is 0 Å². The molecule has 1 fully saturated rings. The highest BCUT2D eigenvalue weighted by molar-refractivity contribution is 8.23. The molecule has 2 heterocycles. The average Bonchev–Trinajstić information content (AvgIpc) is 2.84. The first kappa shape index (κ1) is 11.0. The molecule has 5 heteroatoms. The molecular weight excluding hydrogens is 230 g/mol. The summed E-state index contributed by atoms with van der Waals surface area (Å²) in [5.41, 5.74) is 1.03. The summed E-state index contributed by atoms with van der Waals surface area (Å²) in [6, 6.07) is 0. The minimum atomic E-state index is -0.224. The van der Waals surface area contributed by atoms with Crippen LogP contribution in [0.3, 0.4) is 0 Å². The Morgan fingerprint density at radius 2 is 2.27 bits per heavy atom. The van der Waals surface area contributed by atoms with Gasteiger partial charge in [0.1, 0.15) is 10.9 Å². The summed E-state index contributed by atoms with van der Waals surface area (Å²) in [5.74, 6) is 0.554. The lowest BCUT2D eigenvalue weighted by molar-refractivity contribution is -0.134. The van der Waals surface area contributed by atoms with Gasteiger partial charge in [-0.1, -0.05) is 24.0 Å². The number of hydrogen-bond acceptors (Lipinski definition) is 4. The van der Waals surface area contributed by atoms with E-state index >= 15 is 0 Å². The van der Waals surface area contributed by atoms with E-state index in [2.05, 4.69) is 4.90 Å². The van der Waals surface area contributed by atoms with Gasteiger partial charge in [0.05, 0.1) is 0 Å². The van der Waals surface area contributed by atoms with Gasteiger partial charge in [-0.05, 0) is 18.4 Å². The van der Waals surface area contributed by atoms with Crippen LogP contribution in [-0.2, 0) is 9.53 Å². The standard InChI is InChI=1S/C10H13NO2S2/c12-9-5-8(6-13-9)7-15-10(14)11-3-1-2-4-11/h5H,1-4,6-7H2. The summed E-state index contributed by atoms with van der Waals surface area (Å²) < 4.78 is 5.77.